The van der Waals surface area contributed by atoms with Crippen LogP contribution in [0.25, 0.3) is 0 Å². The van der Waals surface area contributed by atoms with Crippen molar-refractivity contribution in [1.29, 1.82) is 0 Å². The molecule has 0 bridgehead atoms. The average molecular weight is 346 g/mol. The molecule has 8 heteroatoms. The average Bonchev–Trinajstić information content (AvgIpc) is 2.48. The number of sulfonamides is 1. The van der Waals surface area contributed by atoms with Crippen LogP contribution in [0.2, 0.25) is 0 Å². The van der Waals surface area contributed by atoms with Gasteiger partial charge in [-0.1, -0.05) is 13.3 Å². The minimum absolute atomic E-state index is 0.0171. The number of hydrogen-bond donors (Lipinski definition) is 2. The summed E-state index contributed by atoms with van der Waals surface area (Å²) in [5, 5.41) is 0. The van der Waals surface area contributed by atoms with Crippen LogP contribution in [0, 0.1) is 0 Å². The first-order valence-corrected chi connectivity index (χ1v) is 9.03. The standard InChI is InChI=1S/C14H22N2O4S2/c1-3-4-9-20-11-5-7-12(8-6-11)22(18,19)16(2)13(10-21)14(15)17/h5-8,13,21H,3-4,9-10H2,1-2H3,(H2,15,17). The van der Waals surface area contributed by atoms with Crippen LogP contribution in [0.5, 0.6) is 5.75 Å². The highest BCUT2D eigenvalue weighted by molar-refractivity contribution is 7.89. The van der Waals surface area contributed by atoms with Crippen LogP contribution >= 0.6 is 12.6 Å². The SMILES string of the molecule is CCCCOc1ccc(S(=O)(=O)N(C)C(CS)C(N)=O)cc1. The molecule has 0 aliphatic carbocycles. The molecule has 0 spiro atoms. The van der Waals surface area contributed by atoms with E-state index in [-0.39, 0.29) is 10.6 Å². The zero-order chi connectivity index (χ0) is 16.8. The second kappa shape index (κ2) is 8.40. The number of carbonyl (C=O) groups is 1. The monoisotopic (exact) mass is 346 g/mol. The molecule has 0 saturated heterocycles. The number of hydrogen-bond acceptors (Lipinski definition) is 5. The van der Waals surface area contributed by atoms with Gasteiger partial charge in [0.25, 0.3) is 0 Å². The Balaban J connectivity index is 2.91. The molecule has 0 heterocycles. The van der Waals surface area contributed by atoms with E-state index >= 15 is 0 Å². The largest absolute Gasteiger partial charge is 0.494 e. The predicted octanol–water partition coefficient (Wildman–Crippen LogP) is 1.27. The third kappa shape index (κ3) is 4.62. The Kier molecular flexibility index (Phi) is 7.18. The lowest BCUT2D eigenvalue weighted by Crippen LogP contribution is -2.46. The number of benzene rings is 1. The van der Waals surface area contributed by atoms with Crippen LogP contribution < -0.4 is 10.5 Å². The van der Waals surface area contributed by atoms with Crippen molar-refractivity contribution in [2.75, 3.05) is 19.4 Å². The van der Waals surface area contributed by atoms with E-state index in [4.69, 9.17) is 10.5 Å². The van der Waals surface area contributed by atoms with E-state index in [1.165, 1.54) is 19.2 Å². The van der Waals surface area contributed by atoms with Gasteiger partial charge in [0, 0.05) is 12.8 Å². The molecule has 0 aliphatic heterocycles. The molecule has 1 unspecified atom stereocenters. The molecule has 124 valence electrons. The van der Waals surface area contributed by atoms with Crippen LogP contribution in [0.1, 0.15) is 19.8 Å². The number of unbranched alkanes of at least 4 members (excludes halogenated alkanes) is 1. The maximum atomic E-state index is 12.5. The first kappa shape index (κ1) is 18.8. The Hall–Kier alpha value is -1.25. The summed E-state index contributed by atoms with van der Waals surface area (Å²) in [6.45, 7) is 2.65. The lowest BCUT2D eigenvalue weighted by atomic mass is 10.3. The Morgan fingerprint density at radius 2 is 1.95 bits per heavy atom. The van der Waals surface area contributed by atoms with Gasteiger partial charge < -0.3 is 10.5 Å². The summed E-state index contributed by atoms with van der Waals surface area (Å²) >= 11 is 3.98. The van der Waals surface area contributed by atoms with Crippen LogP contribution in [0.15, 0.2) is 29.2 Å². The first-order chi connectivity index (χ1) is 10.3. The van der Waals surface area contributed by atoms with Crippen molar-refractivity contribution in [2.24, 2.45) is 5.73 Å². The number of ether oxygens (including phenoxy) is 1. The van der Waals surface area contributed by atoms with Gasteiger partial charge in [0.15, 0.2) is 0 Å². The van der Waals surface area contributed by atoms with Gasteiger partial charge in [0.05, 0.1) is 11.5 Å². The number of rotatable bonds is 9. The van der Waals surface area contributed by atoms with Gasteiger partial charge in [-0.05, 0) is 30.7 Å². The molecule has 2 N–H and O–H groups in total. The van der Waals surface area contributed by atoms with Crippen molar-refractivity contribution in [1.82, 2.24) is 4.31 Å². The molecule has 1 amide bonds. The van der Waals surface area contributed by atoms with Crippen molar-refractivity contribution >= 4 is 28.6 Å². The number of nitrogens with two attached hydrogens (primary N) is 1. The number of carbonyl (C=O) groups excluding carboxylic acids is 1. The van der Waals surface area contributed by atoms with Crippen LogP contribution in [0.3, 0.4) is 0 Å². The smallest absolute Gasteiger partial charge is 0.243 e. The van der Waals surface area contributed by atoms with E-state index in [2.05, 4.69) is 19.6 Å². The van der Waals surface area contributed by atoms with Crippen molar-refractivity contribution in [3.05, 3.63) is 24.3 Å². The van der Waals surface area contributed by atoms with E-state index in [9.17, 15) is 13.2 Å². The van der Waals surface area contributed by atoms with Gasteiger partial charge in [0.1, 0.15) is 11.8 Å². The van der Waals surface area contributed by atoms with Gasteiger partial charge >= 0.3 is 0 Å². The van der Waals surface area contributed by atoms with E-state index < -0.39 is 22.0 Å². The quantitative estimate of drug-likeness (QED) is 0.520. The zero-order valence-corrected chi connectivity index (χ0v) is 14.4. The van der Waals surface area contributed by atoms with Gasteiger partial charge in [-0.25, -0.2) is 8.42 Å². The maximum absolute atomic E-state index is 12.5. The summed E-state index contributed by atoms with van der Waals surface area (Å²) in [6, 6.07) is 5.09. The Morgan fingerprint density at radius 3 is 2.41 bits per heavy atom. The fourth-order valence-corrected chi connectivity index (χ4v) is 3.62. The number of likely N-dealkylation sites (N-methyl/N-ethyl adjacent to an activating group) is 1. The van der Waals surface area contributed by atoms with Crippen molar-refractivity contribution in [2.45, 2.75) is 30.7 Å². The lowest BCUT2D eigenvalue weighted by molar-refractivity contribution is -0.120. The fraction of sp³-hybridized carbons (Fsp3) is 0.500. The maximum Gasteiger partial charge on any atom is 0.243 e. The molecule has 0 aromatic heterocycles. The third-order valence-electron chi connectivity index (χ3n) is 3.21. The highest BCUT2D eigenvalue weighted by Gasteiger charge is 2.30. The van der Waals surface area contributed by atoms with Crippen LogP contribution in [-0.2, 0) is 14.8 Å². The molecule has 1 rings (SSSR count). The predicted molar refractivity (Wildman–Crippen MR) is 88.6 cm³/mol. The highest BCUT2D eigenvalue weighted by atomic mass is 32.2. The Bertz CT molecular complexity index is 587. The first-order valence-electron chi connectivity index (χ1n) is 6.95. The van der Waals surface area contributed by atoms with Gasteiger partial charge in [0.2, 0.25) is 15.9 Å². The van der Waals surface area contributed by atoms with Gasteiger partial charge in [-0.2, -0.15) is 16.9 Å². The fourth-order valence-electron chi connectivity index (χ4n) is 1.76. The molecule has 22 heavy (non-hydrogen) atoms. The molecule has 1 atom stereocenters. The number of nitrogens with zero attached hydrogens (tertiary/aromatic N) is 1. The summed E-state index contributed by atoms with van der Waals surface area (Å²) < 4.78 is 31.3. The lowest BCUT2D eigenvalue weighted by Gasteiger charge is -2.23. The number of thiol groups is 1. The van der Waals surface area contributed by atoms with E-state index in [0.29, 0.717) is 12.4 Å². The molecule has 0 aliphatic rings. The second-order valence-electron chi connectivity index (χ2n) is 4.80. The summed E-state index contributed by atoms with van der Waals surface area (Å²) in [6.07, 6.45) is 1.96. The van der Waals surface area contributed by atoms with Crippen LogP contribution in [0.4, 0.5) is 0 Å². The van der Waals surface area contributed by atoms with E-state index in [1.807, 2.05) is 0 Å². The molecule has 6 nitrogen and oxygen atoms in total. The van der Waals surface area contributed by atoms with Crippen molar-refractivity contribution < 1.29 is 17.9 Å². The topological polar surface area (TPSA) is 89.7 Å². The second-order valence-corrected chi connectivity index (χ2v) is 7.16. The Morgan fingerprint density at radius 1 is 1.36 bits per heavy atom. The molecular weight excluding hydrogens is 324 g/mol. The molecule has 1 aromatic carbocycles. The highest BCUT2D eigenvalue weighted by Crippen LogP contribution is 2.20. The number of amides is 1. The summed E-state index contributed by atoms with van der Waals surface area (Å²) in [5.74, 6) is -0.111. The van der Waals surface area contributed by atoms with Gasteiger partial charge in [-0.3, -0.25) is 4.79 Å². The molecule has 0 saturated carbocycles. The molecule has 1 aromatic rings. The normalized spacial score (nSPS) is 13.1. The van der Waals surface area contributed by atoms with Gasteiger partial charge in [-0.15, -0.1) is 0 Å². The summed E-state index contributed by atoms with van der Waals surface area (Å²) in [7, 11) is -2.50. The summed E-state index contributed by atoms with van der Waals surface area (Å²) in [4.78, 5) is 11.4. The minimum atomic E-state index is -3.81. The molecule has 0 fully saturated rings. The Labute approximate surface area is 137 Å². The van der Waals surface area contributed by atoms with E-state index in [1.54, 1.807) is 12.1 Å². The number of primary amides is 1. The minimum Gasteiger partial charge on any atom is -0.494 e. The zero-order valence-electron chi connectivity index (χ0n) is 12.7. The summed E-state index contributed by atoms with van der Waals surface area (Å²) in [5.41, 5.74) is 5.20. The van der Waals surface area contributed by atoms with E-state index in [0.717, 1.165) is 17.1 Å². The molecular formula is C14H22N2O4S2. The van der Waals surface area contributed by atoms with Crippen LogP contribution in [-0.4, -0.2) is 44.1 Å². The van der Waals surface area contributed by atoms with Crippen molar-refractivity contribution in [3.8, 4) is 5.75 Å². The molecule has 0 radical (unpaired) electrons. The van der Waals surface area contributed by atoms with Crippen molar-refractivity contribution in [3.63, 3.8) is 0 Å². The third-order valence-corrected chi connectivity index (χ3v) is 5.43.